The molecule has 1 aromatic carbocycles. The molecule has 0 saturated carbocycles. The topological polar surface area (TPSA) is 188 Å². The van der Waals surface area contributed by atoms with Crippen molar-refractivity contribution in [3.8, 4) is 0 Å². The minimum Gasteiger partial charge on any atom is -0.481 e. The van der Waals surface area contributed by atoms with E-state index in [4.69, 9.17) is 15.9 Å². The number of aliphatic carboxylic acids is 2. The minimum atomic E-state index is -1.35. The summed E-state index contributed by atoms with van der Waals surface area (Å²) >= 11 is 5.41. The number of carboxylic acids is 2. The Morgan fingerprint density at radius 2 is 1.49 bits per heavy atom. The normalized spacial score (nSPS) is 14.1. The van der Waals surface area contributed by atoms with Gasteiger partial charge in [-0.3, -0.25) is 19.2 Å². The Morgan fingerprint density at radius 1 is 0.914 bits per heavy atom. The number of amides is 3. The van der Waals surface area contributed by atoms with E-state index in [1.54, 1.807) is 30.3 Å². The Hall–Kier alpha value is -2.77. The predicted octanol–water partition coefficient (Wildman–Crippen LogP) is -0.357. The van der Waals surface area contributed by atoms with Gasteiger partial charge >= 0.3 is 11.9 Å². The molecular formula is C22H32N4O7S2. The van der Waals surface area contributed by atoms with Gasteiger partial charge in [-0.1, -0.05) is 30.3 Å². The summed E-state index contributed by atoms with van der Waals surface area (Å²) in [5.74, 6) is -4.23. The highest BCUT2D eigenvalue weighted by molar-refractivity contribution is 7.98. The molecule has 0 bridgehead atoms. The van der Waals surface area contributed by atoms with Gasteiger partial charge in [-0.15, -0.1) is 0 Å². The number of carboxylic acid groups (broad SMARTS) is 2. The molecule has 7 N–H and O–H groups in total. The quantitative estimate of drug-likeness (QED) is 0.141. The van der Waals surface area contributed by atoms with E-state index >= 15 is 0 Å². The largest absolute Gasteiger partial charge is 0.481 e. The first-order chi connectivity index (χ1) is 16.6. The summed E-state index contributed by atoms with van der Waals surface area (Å²) < 4.78 is 0. The lowest BCUT2D eigenvalue weighted by atomic mass is 10.0. The number of rotatable bonds is 16. The summed E-state index contributed by atoms with van der Waals surface area (Å²) in [6.07, 6.45) is 1.63. The fourth-order valence-electron chi connectivity index (χ4n) is 2.98. The van der Waals surface area contributed by atoms with Crippen molar-refractivity contribution in [2.24, 2.45) is 5.73 Å². The van der Waals surface area contributed by atoms with Crippen molar-refractivity contribution in [3.63, 3.8) is 0 Å². The molecule has 0 heterocycles. The van der Waals surface area contributed by atoms with Crippen LogP contribution in [-0.4, -0.2) is 81.8 Å². The molecule has 0 fully saturated rings. The zero-order valence-corrected chi connectivity index (χ0v) is 21.0. The molecule has 0 aliphatic heterocycles. The number of carbonyl (C=O) groups excluding carboxylic acids is 3. The van der Waals surface area contributed by atoms with Crippen LogP contribution in [0.3, 0.4) is 0 Å². The predicted molar refractivity (Wildman–Crippen MR) is 135 cm³/mol. The lowest BCUT2D eigenvalue weighted by Crippen LogP contribution is -2.57. The number of nitrogens with one attached hydrogen (secondary N) is 3. The van der Waals surface area contributed by atoms with Crippen LogP contribution in [0.2, 0.25) is 0 Å². The molecule has 4 unspecified atom stereocenters. The third-order valence-corrected chi connectivity index (χ3v) is 5.97. The van der Waals surface area contributed by atoms with E-state index in [-0.39, 0.29) is 18.6 Å². The van der Waals surface area contributed by atoms with Crippen LogP contribution in [0, 0.1) is 0 Å². The molecule has 0 radical (unpaired) electrons. The molecule has 1 rings (SSSR count). The standard InChI is InChI=1S/C22H32N4O7S2/c1-35-10-9-14(23)19(29)25-16(11-13-5-3-2-4-6-13)21(31)24-15(7-8-18(27)28)20(30)26-17(12-34)22(32)33/h2-6,14-17,34H,7-12,23H2,1H3,(H,24,31)(H,25,29)(H,26,30)(H,27,28)(H,32,33). The van der Waals surface area contributed by atoms with E-state index in [2.05, 4.69) is 28.6 Å². The lowest BCUT2D eigenvalue weighted by Gasteiger charge is -2.25. The molecule has 11 nitrogen and oxygen atoms in total. The van der Waals surface area contributed by atoms with E-state index in [0.29, 0.717) is 12.2 Å². The second-order valence-corrected chi connectivity index (χ2v) is 9.07. The molecule has 35 heavy (non-hydrogen) atoms. The fourth-order valence-corrected chi connectivity index (χ4v) is 3.72. The Kier molecular flexibility index (Phi) is 13.8. The third kappa shape index (κ3) is 11.5. The molecule has 4 atom stereocenters. The van der Waals surface area contributed by atoms with Gasteiger partial charge in [0.1, 0.15) is 18.1 Å². The van der Waals surface area contributed by atoms with Gasteiger partial charge in [-0.25, -0.2) is 4.79 Å². The van der Waals surface area contributed by atoms with Gasteiger partial charge < -0.3 is 31.9 Å². The van der Waals surface area contributed by atoms with Crippen molar-refractivity contribution >= 4 is 54.1 Å². The van der Waals surface area contributed by atoms with Gasteiger partial charge in [0.05, 0.1) is 6.04 Å². The van der Waals surface area contributed by atoms with Crippen molar-refractivity contribution in [1.29, 1.82) is 0 Å². The Balaban J connectivity index is 3.07. The van der Waals surface area contributed by atoms with Crippen molar-refractivity contribution in [3.05, 3.63) is 35.9 Å². The van der Waals surface area contributed by atoms with Gasteiger partial charge in [0, 0.05) is 18.6 Å². The number of nitrogens with two attached hydrogens (primary N) is 1. The van der Waals surface area contributed by atoms with Crippen LogP contribution in [0.25, 0.3) is 0 Å². The van der Waals surface area contributed by atoms with Gasteiger partial charge in [0.15, 0.2) is 0 Å². The summed E-state index contributed by atoms with van der Waals surface area (Å²) in [5, 5.41) is 25.5. The zero-order chi connectivity index (χ0) is 26.4. The van der Waals surface area contributed by atoms with Gasteiger partial charge in [0.25, 0.3) is 0 Å². The second-order valence-electron chi connectivity index (χ2n) is 7.71. The van der Waals surface area contributed by atoms with Crippen LogP contribution in [0.1, 0.15) is 24.8 Å². The van der Waals surface area contributed by atoms with Gasteiger partial charge in [0.2, 0.25) is 17.7 Å². The van der Waals surface area contributed by atoms with E-state index in [9.17, 15) is 24.0 Å². The minimum absolute atomic E-state index is 0.0926. The van der Waals surface area contributed by atoms with E-state index in [1.165, 1.54) is 11.8 Å². The Bertz CT molecular complexity index is 873. The SMILES string of the molecule is CSCCC(N)C(=O)NC(Cc1ccccc1)C(=O)NC(CCC(=O)O)C(=O)NC(CS)C(=O)O. The highest BCUT2D eigenvalue weighted by Gasteiger charge is 2.30. The van der Waals surface area contributed by atoms with Crippen molar-refractivity contribution in [1.82, 2.24) is 16.0 Å². The van der Waals surface area contributed by atoms with E-state index in [1.807, 2.05) is 6.26 Å². The van der Waals surface area contributed by atoms with E-state index < -0.39 is 60.2 Å². The number of hydrogen-bond donors (Lipinski definition) is 7. The molecule has 0 aliphatic rings. The van der Waals surface area contributed by atoms with Crippen LogP contribution < -0.4 is 21.7 Å². The molecule has 0 saturated heterocycles. The maximum absolute atomic E-state index is 13.1. The van der Waals surface area contributed by atoms with Crippen molar-refractivity contribution < 1.29 is 34.2 Å². The van der Waals surface area contributed by atoms with Gasteiger partial charge in [-0.2, -0.15) is 24.4 Å². The number of carbonyl (C=O) groups is 5. The van der Waals surface area contributed by atoms with Gasteiger partial charge in [-0.05, 0) is 30.4 Å². The molecule has 0 aliphatic carbocycles. The van der Waals surface area contributed by atoms with Crippen molar-refractivity contribution in [2.75, 3.05) is 17.8 Å². The molecule has 194 valence electrons. The number of hydrogen-bond acceptors (Lipinski definition) is 8. The first-order valence-electron chi connectivity index (χ1n) is 10.8. The van der Waals surface area contributed by atoms with Crippen LogP contribution >= 0.6 is 24.4 Å². The number of benzene rings is 1. The Morgan fingerprint density at radius 3 is 2.03 bits per heavy atom. The summed E-state index contributed by atoms with van der Waals surface area (Å²) in [6, 6.07) is 4.23. The number of thiol groups is 1. The second kappa shape index (κ2) is 16.0. The van der Waals surface area contributed by atoms with Crippen molar-refractivity contribution in [2.45, 2.75) is 49.9 Å². The maximum Gasteiger partial charge on any atom is 0.327 e. The molecule has 0 spiro atoms. The molecule has 0 aromatic heterocycles. The van der Waals surface area contributed by atoms with E-state index in [0.717, 1.165) is 5.56 Å². The highest BCUT2D eigenvalue weighted by Crippen LogP contribution is 2.07. The summed E-state index contributed by atoms with van der Waals surface area (Å²) in [4.78, 5) is 60.7. The summed E-state index contributed by atoms with van der Waals surface area (Å²) in [6.45, 7) is 0. The molecule has 13 heteroatoms. The molecule has 1 aromatic rings. The summed E-state index contributed by atoms with van der Waals surface area (Å²) in [7, 11) is 0. The fraction of sp³-hybridized carbons (Fsp3) is 0.500. The summed E-state index contributed by atoms with van der Waals surface area (Å²) in [5.41, 5.74) is 6.66. The first kappa shape index (κ1) is 30.3. The molecule has 3 amide bonds. The Labute approximate surface area is 213 Å². The third-order valence-electron chi connectivity index (χ3n) is 4.96. The van der Waals surface area contributed by atoms with Crippen LogP contribution in [0.4, 0.5) is 0 Å². The van der Waals surface area contributed by atoms with Crippen LogP contribution in [0.5, 0.6) is 0 Å². The van der Waals surface area contributed by atoms with Crippen LogP contribution in [0.15, 0.2) is 30.3 Å². The van der Waals surface area contributed by atoms with Crippen LogP contribution in [-0.2, 0) is 30.4 Å². The maximum atomic E-state index is 13.1. The highest BCUT2D eigenvalue weighted by atomic mass is 32.2. The smallest absolute Gasteiger partial charge is 0.327 e. The zero-order valence-electron chi connectivity index (χ0n) is 19.3. The average Bonchev–Trinajstić information content (AvgIpc) is 2.82. The monoisotopic (exact) mass is 528 g/mol. The lowest BCUT2D eigenvalue weighted by molar-refractivity contribution is -0.142. The first-order valence-corrected chi connectivity index (χ1v) is 12.9. The average molecular weight is 529 g/mol. The number of thioether (sulfide) groups is 1. The molecular weight excluding hydrogens is 496 g/mol.